The summed E-state index contributed by atoms with van der Waals surface area (Å²) in [5.41, 5.74) is 7.60. The van der Waals surface area contributed by atoms with Crippen molar-refractivity contribution in [1.29, 1.82) is 0 Å². The molecule has 0 unspecified atom stereocenters. The predicted octanol–water partition coefficient (Wildman–Crippen LogP) is 1.34. The fourth-order valence-corrected chi connectivity index (χ4v) is 2.49. The molecule has 1 aromatic carbocycles. The smallest absolute Gasteiger partial charge is 0.273 e. The molecule has 7 nitrogen and oxygen atoms in total. The lowest BCUT2D eigenvalue weighted by molar-refractivity contribution is -0.127. The van der Waals surface area contributed by atoms with Gasteiger partial charge in [0.15, 0.2) is 0 Å². The number of hydrogen-bond acceptors (Lipinski definition) is 4. The third kappa shape index (κ3) is 3.45. The Labute approximate surface area is 140 Å². The second kappa shape index (κ2) is 6.43. The molecule has 1 aliphatic carbocycles. The number of aryl methyl sites for hydroxylation is 2. The van der Waals surface area contributed by atoms with Crippen molar-refractivity contribution >= 4 is 29.1 Å². The lowest BCUT2D eigenvalue weighted by Gasteiger charge is -2.24. The molecule has 0 radical (unpaired) electrons. The average Bonchev–Trinajstić information content (AvgIpc) is 3.40. The molecule has 0 bridgehead atoms. The quantitative estimate of drug-likeness (QED) is 0.821. The van der Waals surface area contributed by atoms with Crippen LogP contribution in [0.5, 0.6) is 0 Å². The number of nitrogens with one attached hydrogen (secondary N) is 2. The Kier molecular flexibility index (Phi) is 4.33. The summed E-state index contributed by atoms with van der Waals surface area (Å²) in [4.78, 5) is 36.0. The fraction of sp³-hybridized carbons (Fsp3) is 0.412. The van der Waals surface area contributed by atoms with Gasteiger partial charge in [0.1, 0.15) is 5.71 Å². The number of amides is 3. The summed E-state index contributed by atoms with van der Waals surface area (Å²) in [7, 11) is 0. The molecular weight excluding hydrogens is 308 g/mol. The number of hydrazone groups is 1. The average molecular weight is 328 g/mol. The zero-order valence-electron chi connectivity index (χ0n) is 13.8. The van der Waals surface area contributed by atoms with Crippen LogP contribution in [0.1, 0.15) is 36.8 Å². The number of rotatable bonds is 3. The van der Waals surface area contributed by atoms with Crippen molar-refractivity contribution in [3.05, 3.63) is 29.3 Å². The summed E-state index contributed by atoms with van der Waals surface area (Å²) in [5, 5.41) is 5.49. The second-order valence-corrected chi connectivity index (χ2v) is 6.26. The molecule has 1 aromatic rings. The van der Waals surface area contributed by atoms with E-state index >= 15 is 0 Å². The van der Waals surface area contributed by atoms with E-state index in [0.717, 1.165) is 24.0 Å². The van der Waals surface area contributed by atoms with E-state index in [1.807, 2.05) is 32.0 Å². The summed E-state index contributed by atoms with van der Waals surface area (Å²) < 4.78 is 0. The molecule has 0 saturated heterocycles. The minimum atomic E-state index is -0.480. The van der Waals surface area contributed by atoms with Crippen LogP contribution in [0.15, 0.2) is 23.3 Å². The zero-order chi connectivity index (χ0) is 17.3. The van der Waals surface area contributed by atoms with Crippen molar-refractivity contribution in [2.45, 2.75) is 39.5 Å². The number of carbonyl (C=O) groups is 3. The Balaban J connectivity index is 1.75. The Hall–Kier alpha value is -2.70. The highest BCUT2D eigenvalue weighted by Crippen LogP contribution is 2.28. The standard InChI is InChI=1S/C17H20N4O3/c1-10-3-4-11(2)14(9-10)21-15(22)8-7-13(20-21)17(24)19-18-16(23)12-5-6-12/h3-4,9,12H,5-8H2,1-2H3,(H,18,23)(H,19,24). The third-order valence-corrected chi connectivity index (χ3v) is 4.13. The molecule has 1 saturated carbocycles. The topological polar surface area (TPSA) is 90.9 Å². The van der Waals surface area contributed by atoms with Crippen LogP contribution < -0.4 is 15.9 Å². The monoisotopic (exact) mass is 328 g/mol. The Morgan fingerprint density at radius 1 is 1.17 bits per heavy atom. The molecule has 126 valence electrons. The Morgan fingerprint density at radius 3 is 2.62 bits per heavy atom. The van der Waals surface area contributed by atoms with Gasteiger partial charge in [-0.25, -0.2) is 5.01 Å². The summed E-state index contributed by atoms with van der Waals surface area (Å²) in [5.74, 6) is -0.803. The van der Waals surface area contributed by atoms with Gasteiger partial charge in [0, 0.05) is 18.8 Å². The van der Waals surface area contributed by atoms with Gasteiger partial charge in [-0.1, -0.05) is 12.1 Å². The second-order valence-electron chi connectivity index (χ2n) is 6.26. The van der Waals surface area contributed by atoms with Crippen molar-refractivity contribution < 1.29 is 14.4 Å². The maximum absolute atomic E-state index is 12.2. The van der Waals surface area contributed by atoms with Gasteiger partial charge in [-0.05, 0) is 43.9 Å². The zero-order valence-corrected chi connectivity index (χ0v) is 13.8. The summed E-state index contributed by atoms with van der Waals surface area (Å²) >= 11 is 0. The van der Waals surface area contributed by atoms with Crippen molar-refractivity contribution in [1.82, 2.24) is 10.9 Å². The van der Waals surface area contributed by atoms with Crippen LogP contribution in [-0.4, -0.2) is 23.4 Å². The molecule has 2 N–H and O–H groups in total. The van der Waals surface area contributed by atoms with E-state index in [9.17, 15) is 14.4 Å². The third-order valence-electron chi connectivity index (χ3n) is 4.13. The molecule has 1 heterocycles. The van der Waals surface area contributed by atoms with E-state index in [4.69, 9.17) is 0 Å². The van der Waals surface area contributed by atoms with Gasteiger partial charge in [0.05, 0.1) is 5.69 Å². The minimum Gasteiger partial charge on any atom is -0.273 e. The van der Waals surface area contributed by atoms with Crippen LogP contribution in [0.2, 0.25) is 0 Å². The van der Waals surface area contributed by atoms with Crippen molar-refractivity contribution in [2.24, 2.45) is 11.0 Å². The first-order valence-electron chi connectivity index (χ1n) is 8.03. The first-order chi connectivity index (χ1) is 11.5. The first kappa shape index (κ1) is 16.2. The highest BCUT2D eigenvalue weighted by Gasteiger charge is 2.31. The van der Waals surface area contributed by atoms with Gasteiger partial charge < -0.3 is 0 Å². The number of hydrogen-bond donors (Lipinski definition) is 2. The van der Waals surface area contributed by atoms with Gasteiger partial charge in [-0.15, -0.1) is 0 Å². The van der Waals surface area contributed by atoms with Crippen LogP contribution in [0.4, 0.5) is 5.69 Å². The molecule has 3 amide bonds. The molecule has 0 spiro atoms. The van der Waals surface area contributed by atoms with Crippen LogP contribution >= 0.6 is 0 Å². The van der Waals surface area contributed by atoms with E-state index in [1.165, 1.54) is 5.01 Å². The lowest BCUT2D eigenvalue weighted by atomic mass is 10.1. The van der Waals surface area contributed by atoms with E-state index in [0.29, 0.717) is 5.69 Å². The fourth-order valence-electron chi connectivity index (χ4n) is 2.49. The number of carbonyl (C=O) groups excluding carboxylic acids is 3. The molecule has 1 aliphatic heterocycles. The van der Waals surface area contributed by atoms with E-state index in [-0.39, 0.29) is 36.3 Å². The SMILES string of the molecule is Cc1ccc(C)c(N2N=C(C(=O)NNC(=O)C3CC3)CCC2=O)c1. The van der Waals surface area contributed by atoms with Crippen molar-refractivity contribution in [3.63, 3.8) is 0 Å². The molecule has 0 atom stereocenters. The maximum atomic E-state index is 12.2. The Bertz CT molecular complexity index is 737. The molecule has 7 heteroatoms. The van der Waals surface area contributed by atoms with Crippen LogP contribution in [0.25, 0.3) is 0 Å². The highest BCUT2D eigenvalue weighted by atomic mass is 16.2. The molecule has 2 aliphatic rings. The number of hydrazine groups is 1. The van der Waals surface area contributed by atoms with Gasteiger partial charge in [-0.2, -0.15) is 5.10 Å². The minimum absolute atomic E-state index is 0.00612. The van der Waals surface area contributed by atoms with E-state index in [1.54, 1.807) is 0 Å². The van der Waals surface area contributed by atoms with Gasteiger partial charge in [-0.3, -0.25) is 25.2 Å². The van der Waals surface area contributed by atoms with Gasteiger partial charge >= 0.3 is 0 Å². The lowest BCUT2D eigenvalue weighted by Crippen LogP contribution is -2.47. The predicted molar refractivity (Wildman–Crippen MR) is 89.1 cm³/mol. The van der Waals surface area contributed by atoms with Crippen LogP contribution in [0, 0.1) is 19.8 Å². The van der Waals surface area contributed by atoms with Gasteiger partial charge in [0.2, 0.25) is 11.8 Å². The normalized spacial score (nSPS) is 17.3. The highest BCUT2D eigenvalue weighted by molar-refractivity contribution is 6.40. The molecule has 24 heavy (non-hydrogen) atoms. The summed E-state index contributed by atoms with van der Waals surface area (Å²) in [6.07, 6.45) is 2.18. The van der Waals surface area contributed by atoms with Crippen molar-refractivity contribution in [3.8, 4) is 0 Å². The summed E-state index contributed by atoms with van der Waals surface area (Å²) in [6.45, 7) is 3.82. The number of benzene rings is 1. The molecular formula is C17H20N4O3. The van der Waals surface area contributed by atoms with E-state index < -0.39 is 5.91 Å². The van der Waals surface area contributed by atoms with E-state index in [2.05, 4.69) is 16.0 Å². The maximum Gasteiger partial charge on any atom is 0.285 e. The van der Waals surface area contributed by atoms with Crippen LogP contribution in [-0.2, 0) is 14.4 Å². The Morgan fingerprint density at radius 2 is 1.92 bits per heavy atom. The largest absolute Gasteiger partial charge is 0.285 e. The van der Waals surface area contributed by atoms with Gasteiger partial charge in [0.25, 0.3) is 5.91 Å². The molecule has 1 fully saturated rings. The number of nitrogens with zero attached hydrogens (tertiary/aromatic N) is 2. The first-order valence-corrected chi connectivity index (χ1v) is 8.03. The number of anilines is 1. The molecule has 3 rings (SSSR count). The van der Waals surface area contributed by atoms with Crippen LogP contribution in [0.3, 0.4) is 0 Å². The molecule has 0 aromatic heterocycles. The summed E-state index contributed by atoms with van der Waals surface area (Å²) in [6, 6.07) is 5.74. The van der Waals surface area contributed by atoms with Crippen molar-refractivity contribution in [2.75, 3.05) is 5.01 Å².